The van der Waals surface area contributed by atoms with Gasteiger partial charge in [-0.05, 0) is 55.2 Å². The zero-order valence-corrected chi connectivity index (χ0v) is 21.8. The quantitative estimate of drug-likeness (QED) is 0.487. The minimum absolute atomic E-state index is 0.0161. The highest BCUT2D eigenvalue weighted by molar-refractivity contribution is 7.92. The van der Waals surface area contributed by atoms with E-state index in [1.54, 1.807) is 6.92 Å². The van der Waals surface area contributed by atoms with E-state index in [0.29, 0.717) is 5.56 Å². The van der Waals surface area contributed by atoms with Crippen LogP contribution in [0, 0.1) is 11.6 Å². The summed E-state index contributed by atoms with van der Waals surface area (Å²) in [7, 11) is -3.97. The Morgan fingerprint density at radius 1 is 1.11 bits per heavy atom. The molecule has 0 heterocycles. The summed E-state index contributed by atoms with van der Waals surface area (Å²) in [4.78, 5) is 28.1. The monoisotopic (exact) mass is 541 g/mol. The number of nitrogens with zero attached hydrogens (tertiary/aromatic N) is 2. The molecule has 0 saturated heterocycles. The van der Waals surface area contributed by atoms with E-state index in [1.807, 2.05) is 0 Å². The number of carbonyl (C=O) groups is 2. The van der Waals surface area contributed by atoms with E-state index in [-0.39, 0.29) is 35.6 Å². The van der Waals surface area contributed by atoms with Gasteiger partial charge in [0.05, 0.1) is 17.0 Å². The maximum Gasteiger partial charge on any atom is 0.244 e. The second-order valence-electron chi connectivity index (χ2n) is 8.93. The van der Waals surface area contributed by atoms with E-state index < -0.39 is 40.2 Å². The lowest BCUT2D eigenvalue weighted by Gasteiger charge is -2.33. The maximum atomic E-state index is 13.7. The molecule has 7 nitrogen and oxygen atoms in total. The van der Waals surface area contributed by atoms with E-state index >= 15 is 0 Å². The predicted octanol–water partition coefficient (Wildman–Crippen LogP) is 4.25. The van der Waals surface area contributed by atoms with Crippen LogP contribution in [0.25, 0.3) is 0 Å². The fourth-order valence-electron chi connectivity index (χ4n) is 4.33. The summed E-state index contributed by atoms with van der Waals surface area (Å²) in [5.74, 6) is -2.14. The smallest absolute Gasteiger partial charge is 0.244 e. The Hall–Kier alpha value is -2.72. The van der Waals surface area contributed by atoms with Gasteiger partial charge in [-0.25, -0.2) is 17.2 Å². The van der Waals surface area contributed by atoms with Crippen molar-refractivity contribution in [1.29, 1.82) is 0 Å². The number of sulfonamides is 1. The standard InChI is InChI=1S/C25H30ClF2N3O4S/c1-3-23(25(33)29-19-6-4-5-7-19)30(15-17-8-10-18(27)11-9-17)24(32)16-31(36(2,34)35)20-12-13-22(28)21(26)14-20/h8-14,19,23H,3-7,15-16H2,1-2H3,(H,29,33)/t23-/m0/s1. The van der Waals surface area contributed by atoms with Gasteiger partial charge in [0, 0.05) is 12.6 Å². The Morgan fingerprint density at radius 2 is 1.75 bits per heavy atom. The number of nitrogens with one attached hydrogen (secondary N) is 1. The fourth-order valence-corrected chi connectivity index (χ4v) is 5.34. The van der Waals surface area contributed by atoms with Crippen molar-refractivity contribution in [3.05, 3.63) is 64.7 Å². The average molecular weight is 542 g/mol. The number of hydrogen-bond donors (Lipinski definition) is 1. The van der Waals surface area contributed by atoms with Crippen LogP contribution < -0.4 is 9.62 Å². The van der Waals surface area contributed by atoms with Crippen molar-refractivity contribution in [3.63, 3.8) is 0 Å². The normalized spacial score (nSPS) is 14.9. The van der Waals surface area contributed by atoms with Crippen molar-refractivity contribution in [3.8, 4) is 0 Å². The fraction of sp³-hybridized carbons (Fsp3) is 0.440. The minimum atomic E-state index is -3.97. The molecular weight excluding hydrogens is 512 g/mol. The Morgan fingerprint density at radius 3 is 2.31 bits per heavy atom. The topological polar surface area (TPSA) is 86.8 Å². The highest BCUT2D eigenvalue weighted by Crippen LogP contribution is 2.25. The van der Waals surface area contributed by atoms with Crippen LogP contribution in [0.1, 0.15) is 44.6 Å². The van der Waals surface area contributed by atoms with Gasteiger partial charge in [0.25, 0.3) is 0 Å². The Bertz CT molecular complexity index is 1190. The molecule has 1 aliphatic rings. The zero-order chi connectivity index (χ0) is 26.5. The molecule has 2 aromatic rings. The van der Waals surface area contributed by atoms with Crippen LogP contribution in [0.4, 0.5) is 14.5 Å². The van der Waals surface area contributed by atoms with Crippen LogP contribution >= 0.6 is 11.6 Å². The van der Waals surface area contributed by atoms with Crippen molar-refractivity contribution in [1.82, 2.24) is 10.2 Å². The summed E-state index contributed by atoms with van der Waals surface area (Å²) in [5.41, 5.74) is 0.593. The molecule has 1 atom stereocenters. The molecule has 0 aliphatic heterocycles. The van der Waals surface area contributed by atoms with Crippen molar-refractivity contribution in [2.45, 2.75) is 57.7 Å². The van der Waals surface area contributed by atoms with Crippen LogP contribution in [-0.2, 0) is 26.2 Å². The van der Waals surface area contributed by atoms with Gasteiger partial charge in [0.1, 0.15) is 24.2 Å². The summed E-state index contributed by atoms with van der Waals surface area (Å²) in [5, 5.41) is 2.71. The van der Waals surface area contributed by atoms with Crippen molar-refractivity contribution < 1.29 is 26.8 Å². The van der Waals surface area contributed by atoms with Gasteiger partial charge in [0.15, 0.2) is 0 Å². The first-order valence-electron chi connectivity index (χ1n) is 11.8. The van der Waals surface area contributed by atoms with Gasteiger partial charge in [-0.3, -0.25) is 13.9 Å². The third kappa shape index (κ3) is 7.16. The largest absolute Gasteiger partial charge is 0.352 e. The molecule has 1 aliphatic carbocycles. The summed E-state index contributed by atoms with van der Waals surface area (Å²) < 4.78 is 53.1. The molecule has 1 saturated carbocycles. The molecule has 36 heavy (non-hydrogen) atoms. The first-order chi connectivity index (χ1) is 17.0. The summed E-state index contributed by atoms with van der Waals surface area (Å²) in [6, 6.07) is 8.02. The first-order valence-corrected chi connectivity index (χ1v) is 14.0. The van der Waals surface area contributed by atoms with Gasteiger partial charge in [0.2, 0.25) is 21.8 Å². The van der Waals surface area contributed by atoms with Gasteiger partial charge >= 0.3 is 0 Å². The molecule has 0 spiro atoms. The van der Waals surface area contributed by atoms with Crippen molar-refractivity contribution in [2.24, 2.45) is 0 Å². The molecule has 1 N–H and O–H groups in total. The zero-order valence-electron chi connectivity index (χ0n) is 20.2. The Labute approximate surface area is 215 Å². The lowest BCUT2D eigenvalue weighted by molar-refractivity contribution is -0.140. The van der Waals surface area contributed by atoms with Crippen LogP contribution in [0.5, 0.6) is 0 Å². The van der Waals surface area contributed by atoms with Gasteiger partial charge in [-0.15, -0.1) is 0 Å². The Balaban J connectivity index is 1.92. The minimum Gasteiger partial charge on any atom is -0.352 e. The van der Waals surface area contributed by atoms with E-state index in [4.69, 9.17) is 11.6 Å². The van der Waals surface area contributed by atoms with E-state index in [0.717, 1.165) is 48.4 Å². The van der Waals surface area contributed by atoms with Crippen LogP contribution in [0.3, 0.4) is 0 Å². The lowest BCUT2D eigenvalue weighted by Crippen LogP contribution is -2.53. The molecule has 11 heteroatoms. The number of amides is 2. The second kappa shape index (κ2) is 12.0. The third-order valence-corrected chi connectivity index (χ3v) is 7.65. The number of hydrogen-bond acceptors (Lipinski definition) is 4. The number of rotatable bonds is 10. The molecule has 0 radical (unpaired) electrons. The van der Waals surface area contributed by atoms with Gasteiger partial charge < -0.3 is 10.2 Å². The molecule has 0 unspecified atom stereocenters. The third-order valence-electron chi connectivity index (χ3n) is 6.22. The van der Waals surface area contributed by atoms with E-state index in [1.165, 1.54) is 35.2 Å². The van der Waals surface area contributed by atoms with Gasteiger partial charge in [-0.2, -0.15) is 0 Å². The molecule has 1 fully saturated rings. The molecule has 3 rings (SSSR count). The van der Waals surface area contributed by atoms with Crippen molar-refractivity contribution in [2.75, 3.05) is 17.1 Å². The first kappa shape index (κ1) is 27.9. The van der Waals surface area contributed by atoms with E-state index in [2.05, 4.69) is 5.32 Å². The molecule has 2 amide bonds. The summed E-state index contributed by atoms with van der Waals surface area (Å²) >= 11 is 5.85. The average Bonchev–Trinajstić information content (AvgIpc) is 3.32. The number of halogens is 3. The number of benzene rings is 2. The Kier molecular flexibility index (Phi) is 9.30. The predicted molar refractivity (Wildman–Crippen MR) is 135 cm³/mol. The van der Waals surface area contributed by atoms with Crippen molar-refractivity contribution >= 4 is 39.1 Å². The molecule has 196 valence electrons. The van der Waals surface area contributed by atoms with Gasteiger partial charge in [-0.1, -0.05) is 43.5 Å². The van der Waals surface area contributed by atoms with Crippen LogP contribution in [-0.4, -0.2) is 50.0 Å². The van der Waals surface area contributed by atoms with Crippen LogP contribution in [0.15, 0.2) is 42.5 Å². The maximum absolute atomic E-state index is 13.7. The molecule has 0 aromatic heterocycles. The lowest BCUT2D eigenvalue weighted by atomic mass is 10.1. The SMILES string of the molecule is CC[C@@H](C(=O)NC1CCCC1)N(Cc1ccc(F)cc1)C(=O)CN(c1ccc(F)c(Cl)c1)S(C)(=O)=O. The molecule has 2 aromatic carbocycles. The number of carbonyl (C=O) groups excluding carboxylic acids is 2. The highest BCUT2D eigenvalue weighted by atomic mass is 35.5. The molecule has 0 bridgehead atoms. The number of anilines is 1. The highest BCUT2D eigenvalue weighted by Gasteiger charge is 2.33. The van der Waals surface area contributed by atoms with Crippen LogP contribution in [0.2, 0.25) is 5.02 Å². The molecular formula is C25H30ClF2N3O4S. The summed E-state index contributed by atoms with van der Waals surface area (Å²) in [6.45, 7) is 1.10. The summed E-state index contributed by atoms with van der Waals surface area (Å²) in [6.07, 6.45) is 4.97. The van der Waals surface area contributed by atoms with E-state index in [9.17, 15) is 26.8 Å². The second-order valence-corrected chi connectivity index (χ2v) is 11.2.